The standard InChI is InChI=1S/C54H44N2O4/c1-35-30-43(53(57)49(32-35)55-45-22-9-3-16-37(45)34-38-17-4-10-23-46(38)55)41-20-7-13-26-51(41)59-28-15-29-60-52-27-14-8-21-42(52)44-31-36(2)33-50(54(44)58)56-47-24-11-5-18-39(47)40-19-6-12-25-48(40)56/h3-14,16-27,30-33,57-58H,15,28-29,34H2,1-2H3. The topological polar surface area (TPSA) is 67.1 Å². The first-order valence-corrected chi connectivity index (χ1v) is 20.5. The van der Waals surface area contributed by atoms with Gasteiger partial charge in [-0.3, -0.25) is 0 Å². The van der Waals surface area contributed by atoms with E-state index in [2.05, 4.69) is 114 Å². The molecule has 1 aliphatic heterocycles. The quantitative estimate of drug-likeness (QED) is 0.135. The lowest BCUT2D eigenvalue weighted by atomic mass is 9.93. The van der Waals surface area contributed by atoms with E-state index in [1.54, 1.807) is 0 Å². The van der Waals surface area contributed by atoms with Gasteiger partial charge in [0.2, 0.25) is 0 Å². The number of phenolic OH excluding ortho intramolecular Hbond substituents is 2. The van der Waals surface area contributed by atoms with Crippen LogP contribution in [0.5, 0.6) is 23.0 Å². The summed E-state index contributed by atoms with van der Waals surface area (Å²) in [5.74, 6) is 1.76. The zero-order valence-electron chi connectivity index (χ0n) is 33.6. The highest BCUT2D eigenvalue weighted by Crippen LogP contribution is 2.50. The smallest absolute Gasteiger partial charge is 0.147 e. The van der Waals surface area contributed by atoms with Crippen molar-refractivity contribution in [2.24, 2.45) is 0 Å². The van der Waals surface area contributed by atoms with E-state index in [1.807, 2.05) is 78.9 Å². The van der Waals surface area contributed by atoms with E-state index in [0.717, 1.165) is 73.2 Å². The van der Waals surface area contributed by atoms with Crippen molar-refractivity contribution in [3.05, 3.63) is 192 Å². The summed E-state index contributed by atoms with van der Waals surface area (Å²) in [5, 5.41) is 26.4. The Morgan fingerprint density at radius 1 is 0.450 bits per heavy atom. The third kappa shape index (κ3) is 6.47. The van der Waals surface area contributed by atoms with Crippen LogP contribution in [0, 0.1) is 13.8 Å². The van der Waals surface area contributed by atoms with Gasteiger partial charge in [0.15, 0.2) is 0 Å². The lowest BCUT2D eigenvalue weighted by Gasteiger charge is -2.34. The van der Waals surface area contributed by atoms with Gasteiger partial charge in [-0.15, -0.1) is 0 Å². The van der Waals surface area contributed by atoms with Crippen molar-refractivity contribution in [1.29, 1.82) is 0 Å². The minimum Gasteiger partial charge on any atom is -0.505 e. The molecular weight excluding hydrogens is 741 g/mol. The van der Waals surface area contributed by atoms with Gasteiger partial charge in [0.05, 0.1) is 35.6 Å². The molecule has 1 aromatic heterocycles. The molecule has 0 fully saturated rings. The molecule has 294 valence electrons. The molecule has 6 heteroatoms. The minimum absolute atomic E-state index is 0.194. The van der Waals surface area contributed by atoms with Crippen LogP contribution in [-0.4, -0.2) is 28.0 Å². The summed E-state index contributed by atoms with van der Waals surface area (Å²) in [6.45, 7) is 4.93. The van der Waals surface area contributed by atoms with Gasteiger partial charge in [-0.25, -0.2) is 0 Å². The molecule has 8 aromatic carbocycles. The maximum Gasteiger partial charge on any atom is 0.147 e. The van der Waals surface area contributed by atoms with Gasteiger partial charge in [-0.1, -0.05) is 109 Å². The number of anilines is 3. The number of rotatable bonds is 10. The second-order valence-corrected chi connectivity index (χ2v) is 15.5. The Labute approximate surface area is 349 Å². The molecule has 0 bridgehead atoms. The average molecular weight is 785 g/mol. The summed E-state index contributed by atoms with van der Waals surface area (Å²) in [4.78, 5) is 2.18. The Balaban J connectivity index is 0.895. The number of hydrogen-bond donors (Lipinski definition) is 2. The fourth-order valence-electron chi connectivity index (χ4n) is 8.86. The third-order valence-corrected chi connectivity index (χ3v) is 11.5. The zero-order chi connectivity index (χ0) is 40.7. The molecule has 10 rings (SSSR count). The first-order chi connectivity index (χ1) is 29.4. The SMILES string of the molecule is Cc1cc(-c2ccccc2OCCCOc2ccccc2-c2cc(C)cc(-n3c4ccccc4c4ccccc43)c2O)c(O)c(N2c3ccccc3Cc3ccccc32)c1. The largest absolute Gasteiger partial charge is 0.505 e. The van der Waals surface area contributed by atoms with Crippen LogP contribution in [0.25, 0.3) is 49.7 Å². The molecule has 1 aliphatic rings. The van der Waals surface area contributed by atoms with Gasteiger partial charge in [0.1, 0.15) is 23.0 Å². The maximum atomic E-state index is 12.1. The highest BCUT2D eigenvalue weighted by Gasteiger charge is 2.27. The van der Waals surface area contributed by atoms with Crippen LogP contribution in [0.3, 0.4) is 0 Å². The number of nitrogens with zero attached hydrogens (tertiary/aromatic N) is 2. The Hall–Kier alpha value is -7.44. The van der Waals surface area contributed by atoms with E-state index in [0.29, 0.717) is 42.3 Å². The molecular formula is C54H44N2O4. The van der Waals surface area contributed by atoms with Gasteiger partial charge in [0.25, 0.3) is 0 Å². The lowest BCUT2D eigenvalue weighted by molar-refractivity contribution is 0.248. The van der Waals surface area contributed by atoms with E-state index >= 15 is 0 Å². The number of phenols is 2. The molecule has 0 radical (unpaired) electrons. The number of benzene rings is 8. The summed E-state index contributed by atoms with van der Waals surface area (Å²) in [5.41, 5.74) is 13.2. The van der Waals surface area contributed by atoms with Crippen LogP contribution in [-0.2, 0) is 6.42 Å². The molecule has 0 unspecified atom stereocenters. The summed E-state index contributed by atoms with van der Waals surface area (Å²) >= 11 is 0. The van der Waals surface area contributed by atoms with Crippen molar-refractivity contribution in [1.82, 2.24) is 4.57 Å². The molecule has 60 heavy (non-hydrogen) atoms. The van der Waals surface area contributed by atoms with E-state index in [1.165, 1.54) is 11.1 Å². The van der Waals surface area contributed by atoms with E-state index < -0.39 is 0 Å². The average Bonchev–Trinajstić information content (AvgIpc) is 3.61. The van der Waals surface area contributed by atoms with Crippen molar-refractivity contribution < 1.29 is 19.7 Å². The van der Waals surface area contributed by atoms with E-state index in [-0.39, 0.29) is 11.5 Å². The summed E-state index contributed by atoms with van der Waals surface area (Å²) in [6.07, 6.45) is 1.45. The molecule has 2 heterocycles. The predicted molar refractivity (Wildman–Crippen MR) is 244 cm³/mol. The first kappa shape index (κ1) is 36.9. The number of aromatic hydroxyl groups is 2. The number of aryl methyl sites for hydroxylation is 2. The molecule has 0 saturated heterocycles. The monoisotopic (exact) mass is 784 g/mol. The van der Waals surface area contributed by atoms with Crippen molar-refractivity contribution in [2.45, 2.75) is 26.7 Å². The summed E-state index contributed by atoms with van der Waals surface area (Å²) in [6, 6.07) is 57.3. The molecule has 0 amide bonds. The number of para-hydroxylation sites is 6. The Kier molecular flexibility index (Phi) is 9.45. The normalized spacial score (nSPS) is 12.1. The van der Waals surface area contributed by atoms with E-state index in [4.69, 9.17) is 9.47 Å². The summed E-state index contributed by atoms with van der Waals surface area (Å²) in [7, 11) is 0. The van der Waals surface area contributed by atoms with Crippen LogP contribution in [0.1, 0.15) is 28.7 Å². The zero-order valence-corrected chi connectivity index (χ0v) is 33.6. The van der Waals surface area contributed by atoms with Crippen molar-refractivity contribution in [2.75, 3.05) is 18.1 Å². The minimum atomic E-state index is 0.194. The van der Waals surface area contributed by atoms with Crippen LogP contribution in [0.4, 0.5) is 17.1 Å². The van der Waals surface area contributed by atoms with Crippen molar-refractivity contribution in [3.63, 3.8) is 0 Å². The van der Waals surface area contributed by atoms with Gasteiger partial charge in [-0.2, -0.15) is 0 Å². The highest BCUT2D eigenvalue weighted by atomic mass is 16.5. The molecule has 0 atom stereocenters. The van der Waals surface area contributed by atoms with Crippen LogP contribution >= 0.6 is 0 Å². The maximum absolute atomic E-state index is 12.1. The molecule has 2 N–H and O–H groups in total. The molecule has 9 aromatic rings. The van der Waals surface area contributed by atoms with Crippen LogP contribution in [0.2, 0.25) is 0 Å². The second kappa shape index (κ2) is 15.4. The Morgan fingerprint density at radius 3 is 1.43 bits per heavy atom. The van der Waals surface area contributed by atoms with Crippen LogP contribution < -0.4 is 14.4 Å². The van der Waals surface area contributed by atoms with Crippen LogP contribution in [0.15, 0.2) is 170 Å². The molecule has 0 aliphatic carbocycles. The fraction of sp³-hybridized carbons (Fsp3) is 0.111. The number of fused-ring (bicyclic) bond motifs is 5. The number of aromatic nitrogens is 1. The number of ether oxygens (including phenoxy) is 2. The molecule has 0 spiro atoms. The van der Waals surface area contributed by atoms with Gasteiger partial charge in [0, 0.05) is 57.2 Å². The van der Waals surface area contributed by atoms with Crippen molar-refractivity contribution in [3.8, 4) is 50.9 Å². The summed E-state index contributed by atoms with van der Waals surface area (Å²) < 4.78 is 15.0. The molecule has 0 saturated carbocycles. The van der Waals surface area contributed by atoms with Gasteiger partial charge >= 0.3 is 0 Å². The predicted octanol–water partition coefficient (Wildman–Crippen LogP) is 13.4. The lowest BCUT2D eigenvalue weighted by Crippen LogP contribution is -2.18. The van der Waals surface area contributed by atoms with Crippen molar-refractivity contribution >= 4 is 38.9 Å². The van der Waals surface area contributed by atoms with Gasteiger partial charge in [-0.05, 0) is 96.8 Å². The Bertz CT molecular complexity index is 2970. The number of hydrogen-bond acceptors (Lipinski definition) is 5. The molecule has 6 nitrogen and oxygen atoms in total. The fourth-order valence-corrected chi connectivity index (χ4v) is 8.86. The van der Waals surface area contributed by atoms with E-state index in [9.17, 15) is 10.2 Å². The third-order valence-electron chi connectivity index (χ3n) is 11.5. The highest BCUT2D eigenvalue weighted by molar-refractivity contribution is 6.09. The first-order valence-electron chi connectivity index (χ1n) is 20.5. The second-order valence-electron chi connectivity index (χ2n) is 15.5. The van der Waals surface area contributed by atoms with Gasteiger partial charge < -0.3 is 29.2 Å². The Morgan fingerprint density at radius 2 is 0.883 bits per heavy atom.